The highest BCUT2D eigenvalue weighted by Crippen LogP contribution is 2.23. The standard InChI is InChI=1S/C16H13F3O2/c17-16(18,19)21-14-9-7-13(8-10-14)15(20)11-6-12-4-2-1-3-5-12/h1-5,7-10H,6,11H2. The lowest BCUT2D eigenvalue weighted by molar-refractivity contribution is -0.274. The minimum Gasteiger partial charge on any atom is -0.406 e. The maximum atomic E-state index is 12.0. The second kappa shape index (κ2) is 6.43. The predicted molar refractivity (Wildman–Crippen MR) is 72.2 cm³/mol. The molecule has 0 aliphatic heterocycles. The molecular weight excluding hydrogens is 281 g/mol. The van der Waals surface area contributed by atoms with Crippen LogP contribution < -0.4 is 4.74 Å². The van der Waals surface area contributed by atoms with Crippen LogP contribution in [0.4, 0.5) is 13.2 Å². The molecule has 5 heteroatoms. The Hall–Kier alpha value is -2.30. The van der Waals surface area contributed by atoms with Gasteiger partial charge in [0, 0.05) is 12.0 Å². The first-order valence-electron chi connectivity index (χ1n) is 6.37. The molecule has 0 atom stereocenters. The highest BCUT2D eigenvalue weighted by atomic mass is 19.4. The van der Waals surface area contributed by atoms with Crippen molar-refractivity contribution in [3.05, 3.63) is 65.7 Å². The van der Waals surface area contributed by atoms with Crippen molar-refractivity contribution in [1.82, 2.24) is 0 Å². The van der Waals surface area contributed by atoms with Crippen LogP contribution in [-0.4, -0.2) is 12.1 Å². The number of ether oxygens (including phenoxy) is 1. The van der Waals surface area contributed by atoms with Gasteiger partial charge in [-0.3, -0.25) is 4.79 Å². The van der Waals surface area contributed by atoms with Crippen molar-refractivity contribution in [3.63, 3.8) is 0 Å². The van der Waals surface area contributed by atoms with Crippen molar-refractivity contribution in [1.29, 1.82) is 0 Å². The first-order valence-corrected chi connectivity index (χ1v) is 6.37. The molecule has 2 aromatic carbocycles. The van der Waals surface area contributed by atoms with Gasteiger partial charge in [0.25, 0.3) is 0 Å². The van der Waals surface area contributed by atoms with Gasteiger partial charge in [-0.1, -0.05) is 30.3 Å². The average Bonchev–Trinajstić information content (AvgIpc) is 2.45. The molecule has 2 aromatic rings. The molecule has 0 radical (unpaired) electrons. The Balaban J connectivity index is 1.94. The van der Waals surface area contributed by atoms with Crippen molar-refractivity contribution in [2.24, 2.45) is 0 Å². The van der Waals surface area contributed by atoms with Crippen LogP contribution in [0.15, 0.2) is 54.6 Å². The van der Waals surface area contributed by atoms with Crippen LogP contribution in [0, 0.1) is 0 Å². The van der Waals surface area contributed by atoms with Crippen LogP contribution >= 0.6 is 0 Å². The highest BCUT2D eigenvalue weighted by molar-refractivity contribution is 5.96. The number of halogens is 3. The molecule has 0 fully saturated rings. The van der Waals surface area contributed by atoms with Gasteiger partial charge in [0.1, 0.15) is 5.75 Å². The highest BCUT2D eigenvalue weighted by Gasteiger charge is 2.31. The molecular formula is C16H13F3O2. The molecule has 110 valence electrons. The summed E-state index contributed by atoms with van der Waals surface area (Å²) in [6.45, 7) is 0. The zero-order valence-electron chi connectivity index (χ0n) is 11.1. The molecule has 0 heterocycles. The molecule has 0 aromatic heterocycles. The number of alkyl halides is 3. The number of aryl methyl sites for hydroxylation is 1. The Morgan fingerprint density at radius 2 is 1.57 bits per heavy atom. The summed E-state index contributed by atoms with van der Waals surface area (Å²) in [7, 11) is 0. The second-order valence-electron chi connectivity index (χ2n) is 4.48. The lowest BCUT2D eigenvalue weighted by atomic mass is 10.0. The normalized spacial score (nSPS) is 11.2. The lowest BCUT2D eigenvalue weighted by Gasteiger charge is -2.09. The van der Waals surface area contributed by atoms with E-state index in [1.54, 1.807) is 0 Å². The third kappa shape index (κ3) is 4.95. The second-order valence-corrected chi connectivity index (χ2v) is 4.48. The SMILES string of the molecule is O=C(CCc1ccccc1)c1ccc(OC(F)(F)F)cc1. The average molecular weight is 294 g/mol. The minimum atomic E-state index is -4.72. The zero-order chi connectivity index (χ0) is 15.3. The Morgan fingerprint density at radius 3 is 2.14 bits per heavy atom. The van der Waals surface area contributed by atoms with Gasteiger partial charge in [0.15, 0.2) is 5.78 Å². The molecule has 0 aliphatic carbocycles. The summed E-state index contributed by atoms with van der Waals surface area (Å²) < 4.78 is 39.8. The molecule has 0 N–H and O–H groups in total. The number of benzene rings is 2. The predicted octanol–water partition coefficient (Wildman–Crippen LogP) is 4.40. The Labute approximate surface area is 120 Å². The van der Waals surface area contributed by atoms with E-state index in [9.17, 15) is 18.0 Å². The van der Waals surface area contributed by atoms with Gasteiger partial charge in [0.2, 0.25) is 0 Å². The molecule has 0 spiro atoms. The summed E-state index contributed by atoms with van der Waals surface area (Å²) in [6, 6.07) is 14.5. The molecule has 0 unspecified atom stereocenters. The van der Waals surface area contributed by atoms with Crippen molar-refractivity contribution in [2.45, 2.75) is 19.2 Å². The van der Waals surface area contributed by atoms with E-state index < -0.39 is 6.36 Å². The molecule has 0 saturated heterocycles. The summed E-state index contributed by atoms with van der Waals surface area (Å²) in [5, 5.41) is 0. The molecule has 2 nitrogen and oxygen atoms in total. The van der Waals surface area contributed by atoms with Crippen molar-refractivity contribution < 1.29 is 22.7 Å². The first-order chi connectivity index (χ1) is 9.94. The fourth-order valence-electron chi connectivity index (χ4n) is 1.89. The monoisotopic (exact) mass is 294 g/mol. The topological polar surface area (TPSA) is 26.3 Å². The van der Waals surface area contributed by atoms with Crippen molar-refractivity contribution in [3.8, 4) is 5.75 Å². The molecule has 0 bridgehead atoms. The van der Waals surface area contributed by atoms with Crippen molar-refractivity contribution >= 4 is 5.78 Å². The first kappa shape index (κ1) is 15.1. The molecule has 0 saturated carbocycles. The van der Waals surface area contributed by atoms with Gasteiger partial charge >= 0.3 is 6.36 Å². The Bertz CT molecular complexity index is 589. The van der Waals surface area contributed by atoms with E-state index in [0.717, 1.165) is 17.7 Å². The zero-order valence-corrected chi connectivity index (χ0v) is 11.1. The number of carbonyl (C=O) groups is 1. The smallest absolute Gasteiger partial charge is 0.406 e. The minimum absolute atomic E-state index is 0.114. The van der Waals surface area contributed by atoms with E-state index in [1.165, 1.54) is 12.1 Å². The summed E-state index contributed by atoms with van der Waals surface area (Å²) in [5.74, 6) is -0.445. The fourth-order valence-corrected chi connectivity index (χ4v) is 1.89. The van der Waals surface area contributed by atoms with Gasteiger partial charge < -0.3 is 4.74 Å². The third-order valence-electron chi connectivity index (χ3n) is 2.89. The molecule has 0 aliphatic rings. The molecule has 21 heavy (non-hydrogen) atoms. The summed E-state index contributed by atoms with van der Waals surface area (Å²) in [6.07, 6.45) is -3.82. The van der Waals surface area contributed by atoms with Gasteiger partial charge in [0.05, 0.1) is 0 Å². The number of hydrogen-bond donors (Lipinski definition) is 0. The van der Waals surface area contributed by atoms with E-state index in [1.807, 2.05) is 30.3 Å². The number of hydrogen-bond acceptors (Lipinski definition) is 2. The number of rotatable bonds is 5. The van der Waals surface area contributed by atoms with Gasteiger partial charge in [-0.2, -0.15) is 0 Å². The quantitative estimate of drug-likeness (QED) is 0.764. The van der Waals surface area contributed by atoms with Gasteiger partial charge in [-0.05, 0) is 36.2 Å². The summed E-state index contributed by atoms with van der Waals surface area (Å²) in [5.41, 5.74) is 1.42. The van der Waals surface area contributed by atoms with E-state index in [0.29, 0.717) is 18.4 Å². The Kier molecular flexibility index (Phi) is 4.62. The van der Waals surface area contributed by atoms with Crippen LogP contribution in [0.3, 0.4) is 0 Å². The number of carbonyl (C=O) groups excluding carboxylic acids is 1. The third-order valence-corrected chi connectivity index (χ3v) is 2.89. The molecule has 0 amide bonds. The van der Waals surface area contributed by atoms with Crippen LogP contribution in [0.1, 0.15) is 22.3 Å². The number of Topliss-reactive ketones (excluding diaryl/α,β-unsaturated/α-hetero) is 1. The van der Waals surface area contributed by atoms with Crippen LogP contribution in [0.2, 0.25) is 0 Å². The Morgan fingerprint density at radius 1 is 0.952 bits per heavy atom. The molecule has 2 rings (SSSR count). The van der Waals surface area contributed by atoms with Crippen LogP contribution in [0.5, 0.6) is 5.75 Å². The van der Waals surface area contributed by atoms with E-state index >= 15 is 0 Å². The summed E-state index contributed by atoms with van der Waals surface area (Å²) in [4.78, 5) is 12.0. The van der Waals surface area contributed by atoms with Crippen LogP contribution in [0.25, 0.3) is 0 Å². The van der Waals surface area contributed by atoms with Gasteiger partial charge in [-0.25, -0.2) is 0 Å². The largest absolute Gasteiger partial charge is 0.573 e. The van der Waals surface area contributed by atoms with Crippen LogP contribution in [-0.2, 0) is 6.42 Å². The summed E-state index contributed by atoms with van der Waals surface area (Å²) >= 11 is 0. The lowest BCUT2D eigenvalue weighted by Crippen LogP contribution is -2.17. The van der Waals surface area contributed by atoms with E-state index in [-0.39, 0.29) is 11.5 Å². The maximum Gasteiger partial charge on any atom is 0.573 e. The maximum absolute atomic E-state index is 12.0. The van der Waals surface area contributed by atoms with E-state index in [2.05, 4.69) is 4.74 Å². The fraction of sp³-hybridized carbons (Fsp3) is 0.188. The van der Waals surface area contributed by atoms with Crippen molar-refractivity contribution in [2.75, 3.05) is 0 Å². The van der Waals surface area contributed by atoms with Gasteiger partial charge in [-0.15, -0.1) is 13.2 Å². The number of ketones is 1. The van der Waals surface area contributed by atoms with E-state index in [4.69, 9.17) is 0 Å².